The van der Waals surface area contributed by atoms with Gasteiger partial charge in [-0.05, 0) is 37.5 Å². The van der Waals surface area contributed by atoms with Crippen molar-refractivity contribution in [3.05, 3.63) is 0 Å². The molecule has 0 heterocycles. The van der Waals surface area contributed by atoms with E-state index < -0.39 is 10.0 Å². The summed E-state index contributed by atoms with van der Waals surface area (Å²) in [6, 6.07) is 0.178. The Morgan fingerprint density at radius 3 is 2.24 bits per heavy atom. The molecule has 2 aliphatic carbocycles. The fraction of sp³-hybridized carbons (Fsp3) is 1.00. The Morgan fingerprint density at radius 2 is 1.71 bits per heavy atom. The van der Waals surface area contributed by atoms with Gasteiger partial charge in [0.1, 0.15) is 0 Å². The van der Waals surface area contributed by atoms with Gasteiger partial charge in [0.2, 0.25) is 10.0 Å². The van der Waals surface area contributed by atoms with Crippen molar-refractivity contribution in [3.8, 4) is 0 Å². The Balaban J connectivity index is 1.93. The van der Waals surface area contributed by atoms with Crippen LogP contribution in [0, 0.1) is 5.41 Å². The SMILES string of the molecule is CC1(C)CCC(NS(=O)(=O)C2CCCCC2)C1. The van der Waals surface area contributed by atoms with E-state index in [1.54, 1.807) is 0 Å². The summed E-state index contributed by atoms with van der Waals surface area (Å²) in [5.41, 5.74) is 0.305. The molecule has 0 aromatic carbocycles. The number of hydrogen-bond donors (Lipinski definition) is 1. The van der Waals surface area contributed by atoms with Crippen LogP contribution in [0.2, 0.25) is 0 Å². The highest BCUT2D eigenvalue weighted by Gasteiger charge is 2.35. The van der Waals surface area contributed by atoms with Crippen LogP contribution in [0.15, 0.2) is 0 Å². The summed E-state index contributed by atoms with van der Waals surface area (Å²) in [6.07, 6.45) is 8.16. The summed E-state index contributed by atoms with van der Waals surface area (Å²) in [5, 5.41) is -0.125. The predicted octanol–water partition coefficient (Wildman–Crippen LogP) is 2.82. The van der Waals surface area contributed by atoms with Crippen LogP contribution in [0.25, 0.3) is 0 Å². The van der Waals surface area contributed by atoms with Gasteiger partial charge in [-0.1, -0.05) is 33.1 Å². The quantitative estimate of drug-likeness (QED) is 0.847. The van der Waals surface area contributed by atoms with Gasteiger partial charge in [0.25, 0.3) is 0 Å². The molecule has 4 heteroatoms. The molecule has 2 aliphatic rings. The van der Waals surface area contributed by atoms with E-state index in [1.807, 2.05) is 0 Å². The number of nitrogens with one attached hydrogen (secondary N) is 1. The molecule has 2 fully saturated rings. The summed E-state index contributed by atoms with van der Waals surface area (Å²) < 4.78 is 27.4. The molecule has 2 saturated carbocycles. The molecule has 0 amide bonds. The van der Waals surface area contributed by atoms with Crippen molar-refractivity contribution in [2.24, 2.45) is 5.41 Å². The van der Waals surface area contributed by atoms with Gasteiger partial charge in [-0.3, -0.25) is 0 Å². The van der Waals surface area contributed by atoms with Crippen LogP contribution in [-0.2, 0) is 10.0 Å². The van der Waals surface area contributed by atoms with E-state index in [9.17, 15) is 8.42 Å². The first kappa shape index (κ1) is 13.3. The zero-order valence-electron chi connectivity index (χ0n) is 11.0. The smallest absolute Gasteiger partial charge is 0.212 e. The highest BCUT2D eigenvalue weighted by molar-refractivity contribution is 7.90. The van der Waals surface area contributed by atoms with Crippen LogP contribution in [0.1, 0.15) is 65.2 Å². The average Bonchev–Trinajstić information content (AvgIpc) is 2.58. The molecule has 1 atom stereocenters. The average molecular weight is 259 g/mol. The molecule has 1 unspecified atom stereocenters. The van der Waals surface area contributed by atoms with Gasteiger partial charge in [-0.2, -0.15) is 0 Å². The van der Waals surface area contributed by atoms with Crippen molar-refractivity contribution in [3.63, 3.8) is 0 Å². The molecule has 17 heavy (non-hydrogen) atoms. The standard InChI is InChI=1S/C13H25NO2S/c1-13(2)9-8-11(10-13)14-17(15,16)12-6-4-3-5-7-12/h11-12,14H,3-10H2,1-2H3. The summed E-state index contributed by atoms with van der Waals surface area (Å²) in [6.45, 7) is 4.45. The van der Waals surface area contributed by atoms with E-state index in [0.717, 1.165) is 44.9 Å². The molecule has 1 N–H and O–H groups in total. The molecule has 0 aromatic rings. The van der Waals surface area contributed by atoms with Crippen molar-refractivity contribution in [2.45, 2.75) is 76.5 Å². The first-order valence-corrected chi connectivity index (χ1v) is 8.45. The minimum absolute atomic E-state index is 0.125. The third kappa shape index (κ3) is 3.44. The number of rotatable bonds is 3. The zero-order chi connectivity index (χ0) is 12.5. The Labute approximate surface area is 105 Å². The predicted molar refractivity (Wildman–Crippen MR) is 70.3 cm³/mol. The van der Waals surface area contributed by atoms with Gasteiger partial charge in [0.05, 0.1) is 5.25 Å². The van der Waals surface area contributed by atoms with Gasteiger partial charge in [0, 0.05) is 6.04 Å². The van der Waals surface area contributed by atoms with E-state index in [-0.39, 0.29) is 11.3 Å². The molecule has 0 radical (unpaired) electrons. The lowest BCUT2D eigenvalue weighted by atomic mass is 9.92. The molecule has 0 saturated heterocycles. The molecule has 0 spiro atoms. The third-order valence-corrected chi connectivity index (χ3v) is 6.30. The van der Waals surface area contributed by atoms with Gasteiger partial charge in [0.15, 0.2) is 0 Å². The second-order valence-corrected chi connectivity index (χ2v) is 8.52. The molecule has 2 rings (SSSR count). The van der Waals surface area contributed by atoms with Crippen LogP contribution >= 0.6 is 0 Å². The number of hydrogen-bond acceptors (Lipinski definition) is 2. The first-order valence-electron chi connectivity index (χ1n) is 6.90. The molecule has 100 valence electrons. The lowest BCUT2D eigenvalue weighted by Gasteiger charge is -2.24. The molecule has 0 aliphatic heterocycles. The lowest BCUT2D eigenvalue weighted by molar-refractivity contribution is 0.371. The molecule has 0 aromatic heterocycles. The van der Waals surface area contributed by atoms with Crippen LogP contribution < -0.4 is 4.72 Å². The Hall–Kier alpha value is -0.0900. The van der Waals surface area contributed by atoms with Crippen molar-refractivity contribution in [1.82, 2.24) is 4.72 Å². The summed E-state index contributed by atoms with van der Waals surface area (Å²) >= 11 is 0. The summed E-state index contributed by atoms with van der Waals surface area (Å²) in [5.74, 6) is 0. The van der Waals surface area contributed by atoms with Crippen molar-refractivity contribution in [1.29, 1.82) is 0 Å². The van der Waals surface area contributed by atoms with Gasteiger partial charge in [-0.15, -0.1) is 0 Å². The molecular weight excluding hydrogens is 234 g/mol. The van der Waals surface area contributed by atoms with Gasteiger partial charge in [-0.25, -0.2) is 13.1 Å². The monoisotopic (exact) mass is 259 g/mol. The topological polar surface area (TPSA) is 46.2 Å². The second-order valence-electron chi connectivity index (χ2n) is 6.53. The van der Waals surface area contributed by atoms with E-state index in [1.165, 1.54) is 6.42 Å². The minimum Gasteiger partial charge on any atom is -0.212 e. The highest BCUT2D eigenvalue weighted by Crippen LogP contribution is 2.37. The van der Waals surface area contributed by atoms with Gasteiger partial charge < -0.3 is 0 Å². The normalized spacial score (nSPS) is 30.6. The van der Waals surface area contributed by atoms with Crippen molar-refractivity contribution in [2.75, 3.05) is 0 Å². The van der Waals surface area contributed by atoms with E-state index in [2.05, 4.69) is 18.6 Å². The van der Waals surface area contributed by atoms with Crippen molar-refractivity contribution >= 4 is 10.0 Å². The maximum Gasteiger partial charge on any atom is 0.214 e. The second kappa shape index (κ2) is 4.88. The first-order chi connectivity index (χ1) is 7.89. The summed E-state index contributed by atoms with van der Waals surface area (Å²) in [4.78, 5) is 0. The van der Waals surface area contributed by atoms with Crippen LogP contribution in [0.4, 0.5) is 0 Å². The molecule has 3 nitrogen and oxygen atoms in total. The van der Waals surface area contributed by atoms with E-state index in [4.69, 9.17) is 0 Å². The largest absolute Gasteiger partial charge is 0.214 e. The maximum absolute atomic E-state index is 12.2. The molecular formula is C13H25NO2S. The third-order valence-electron chi connectivity index (χ3n) is 4.29. The number of sulfonamides is 1. The minimum atomic E-state index is -3.07. The Bertz CT molecular complexity index is 356. The summed E-state index contributed by atoms with van der Waals surface area (Å²) in [7, 11) is -3.07. The Kier molecular flexibility index (Phi) is 3.83. The zero-order valence-corrected chi connectivity index (χ0v) is 11.9. The lowest BCUT2D eigenvalue weighted by Crippen LogP contribution is -2.41. The maximum atomic E-state index is 12.2. The van der Waals surface area contributed by atoms with Crippen molar-refractivity contribution < 1.29 is 8.42 Å². The van der Waals surface area contributed by atoms with Crippen LogP contribution in [-0.4, -0.2) is 19.7 Å². The van der Waals surface area contributed by atoms with Gasteiger partial charge >= 0.3 is 0 Å². The highest BCUT2D eigenvalue weighted by atomic mass is 32.2. The van der Waals surface area contributed by atoms with E-state index in [0.29, 0.717) is 5.41 Å². The van der Waals surface area contributed by atoms with E-state index >= 15 is 0 Å². The van der Waals surface area contributed by atoms with Crippen LogP contribution in [0.3, 0.4) is 0 Å². The Morgan fingerprint density at radius 1 is 1.06 bits per heavy atom. The fourth-order valence-electron chi connectivity index (χ4n) is 3.24. The fourth-order valence-corrected chi connectivity index (χ4v) is 5.05. The molecule has 0 bridgehead atoms. The van der Waals surface area contributed by atoms with Crippen LogP contribution in [0.5, 0.6) is 0 Å².